The van der Waals surface area contributed by atoms with Crippen LogP contribution in [0.4, 0.5) is 13.2 Å². The molecule has 0 saturated heterocycles. The van der Waals surface area contributed by atoms with Crippen LogP contribution in [0.25, 0.3) is 5.57 Å². The molecule has 1 aromatic carbocycles. The average Bonchev–Trinajstić information content (AvgIpc) is 2.38. The van der Waals surface area contributed by atoms with Crippen LogP contribution < -0.4 is 4.74 Å². The standard InChI is InChI=1S/C14H12F3O/c1-18-13-7-3-5-11(9-13)10-4-2-6-12(8-10)14(15,16)17/h3-9H,2H2,1H3. The second-order valence-corrected chi connectivity index (χ2v) is 3.93. The lowest BCUT2D eigenvalue weighted by Crippen LogP contribution is -2.12. The van der Waals surface area contributed by atoms with E-state index in [1.165, 1.54) is 13.2 Å². The summed E-state index contributed by atoms with van der Waals surface area (Å²) in [4.78, 5) is 0. The first-order valence-electron chi connectivity index (χ1n) is 5.47. The Balaban J connectivity index is 2.33. The van der Waals surface area contributed by atoms with Crippen molar-refractivity contribution in [2.75, 3.05) is 7.11 Å². The van der Waals surface area contributed by atoms with Crippen LogP contribution in [-0.2, 0) is 0 Å². The molecule has 0 atom stereocenters. The highest BCUT2D eigenvalue weighted by Gasteiger charge is 2.33. The fraction of sp³-hybridized carbons (Fsp3) is 0.214. The van der Waals surface area contributed by atoms with E-state index in [2.05, 4.69) is 0 Å². The summed E-state index contributed by atoms with van der Waals surface area (Å²) in [5, 5.41) is 0. The van der Waals surface area contributed by atoms with Gasteiger partial charge in [-0.3, -0.25) is 0 Å². The molecule has 1 aliphatic carbocycles. The minimum absolute atomic E-state index is 0.290. The van der Waals surface area contributed by atoms with Crippen LogP contribution in [0.3, 0.4) is 0 Å². The quantitative estimate of drug-likeness (QED) is 0.768. The number of ether oxygens (including phenoxy) is 1. The third-order valence-electron chi connectivity index (χ3n) is 2.72. The molecule has 4 heteroatoms. The summed E-state index contributed by atoms with van der Waals surface area (Å²) < 4.78 is 42.9. The molecular formula is C14H12F3O. The second-order valence-electron chi connectivity index (χ2n) is 3.93. The summed E-state index contributed by atoms with van der Waals surface area (Å²) in [6.45, 7) is 0. The molecule has 0 unspecified atom stereocenters. The van der Waals surface area contributed by atoms with Crippen LogP contribution in [0, 0.1) is 6.42 Å². The molecule has 1 aliphatic rings. The van der Waals surface area contributed by atoms with Gasteiger partial charge in [-0.2, -0.15) is 13.2 Å². The zero-order chi connectivity index (χ0) is 13.2. The van der Waals surface area contributed by atoms with Crippen LogP contribution in [0.15, 0.2) is 42.0 Å². The molecule has 1 aromatic rings. The first kappa shape index (κ1) is 12.7. The Morgan fingerprint density at radius 2 is 2.00 bits per heavy atom. The van der Waals surface area contributed by atoms with Crippen LogP contribution in [0.1, 0.15) is 12.0 Å². The maximum Gasteiger partial charge on any atom is 0.416 e. The lowest BCUT2D eigenvalue weighted by atomic mass is 9.93. The lowest BCUT2D eigenvalue weighted by Gasteiger charge is -2.16. The fourth-order valence-corrected chi connectivity index (χ4v) is 1.80. The number of hydrogen-bond acceptors (Lipinski definition) is 1. The fourth-order valence-electron chi connectivity index (χ4n) is 1.80. The normalized spacial score (nSPS) is 16.0. The SMILES string of the molecule is COc1cccc(C2=CC(C(F)(F)F)=CC[CH]2)c1. The summed E-state index contributed by atoms with van der Waals surface area (Å²) in [7, 11) is 1.53. The van der Waals surface area contributed by atoms with Crippen molar-refractivity contribution in [3.63, 3.8) is 0 Å². The molecule has 0 saturated carbocycles. The molecule has 18 heavy (non-hydrogen) atoms. The van der Waals surface area contributed by atoms with Gasteiger partial charge in [-0.1, -0.05) is 18.2 Å². The number of alkyl halides is 3. The topological polar surface area (TPSA) is 9.23 Å². The summed E-state index contributed by atoms with van der Waals surface area (Å²) in [5.74, 6) is 0.630. The molecule has 0 N–H and O–H groups in total. The van der Waals surface area contributed by atoms with Crippen molar-refractivity contribution in [1.29, 1.82) is 0 Å². The van der Waals surface area contributed by atoms with Gasteiger partial charge >= 0.3 is 6.18 Å². The molecule has 95 valence electrons. The van der Waals surface area contributed by atoms with E-state index in [-0.39, 0.29) is 6.42 Å². The van der Waals surface area contributed by atoms with Gasteiger partial charge in [0.1, 0.15) is 5.75 Å². The number of allylic oxidation sites excluding steroid dienone is 4. The van der Waals surface area contributed by atoms with Gasteiger partial charge < -0.3 is 4.74 Å². The van der Waals surface area contributed by atoms with E-state index >= 15 is 0 Å². The molecule has 1 nitrogen and oxygen atoms in total. The van der Waals surface area contributed by atoms with Crippen molar-refractivity contribution in [2.45, 2.75) is 12.6 Å². The Morgan fingerprint density at radius 3 is 2.67 bits per heavy atom. The van der Waals surface area contributed by atoms with Gasteiger partial charge in [0.05, 0.1) is 12.7 Å². The Labute approximate surface area is 104 Å². The van der Waals surface area contributed by atoms with Crippen molar-refractivity contribution in [1.82, 2.24) is 0 Å². The zero-order valence-corrected chi connectivity index (χ0v) is 9.79. The third-order valence-corrected chi connectivity index (χ3v) is 2.72. The highest BCUT2D eigenvalue weighted by molar-refractivity contribution is 5.76. The molecule has 0 heterocycles. The number of methoxy groups -OCH3 is 1. The van der Waals surface area contributed by atoms with E-state index in [9.17, 15) is 13.2 Å². The molecule has 0 aromatic heterocycles. The van der Waals surface area contributed by atoms with Crippen LogP contribution in [0.5, 0.6) is 5.75 Å². The summed E-state index contributed by atoms with van der Waals surface area (Å²) in [6.07, 6.45) is 0.113. The van der Waals surface area contributed by atoms with E-state index in [4.69, 9.17) is 4.74 Å². The second kappa shape index (κ2) is 4.88. The van der Waals surface area contributed by atoms with Crippen molar-refractivity contribution in [2.24, 2.45) is 0 Å². The maximum atomic E-state index is 12.6. The monoisotopic (exact) mass is 253 g/mol. The third kappa shape index (κ3) is 2.75. The molecule has 0 bridgehead atoms. The Hall–Kier alpha value is -1.71. The van der Waals surface area contributed by atoms with Gasteiger partial charge in [0.15, 0.2) is 0 Å². The molecule has 1 radical (unpaired) electrons. The van der Waals surface area contributed by atoms with Gasteiger partial charge in [0, 0.05) is 0 Å². The van der Waals surface area contributed by atoms with Crippen molar-refractivity contribution in [3.05, 3.63) is 54.0 Å². The predicted molar refractivity (Wildman–Crippen MR) is 64.0 cm³/mol. The van der Waals surface area contributed by atoms with E-state index < -0.39 is 11.7 Å². The highest BCUT2D eigenvalue weighted by atomic mass is 19.4. The predicted octanol–water partition coefficient (Wildman–Crippen LogP) is 4.18. The molecule has 2 rings (SSSR count). The van der Waals surface area contributed by atoms with E-state index in [1.807, 2.05) is 0 Å². The van der Waals surface area contributed by atoms with E-state index in [0.717, 1.165) is 11.6 Å². The van der Waals surface area contributed by atoms with Gasteiger partial charge in [-0.05, 0) is 42.2 Å². The van der Waals surface area contributed by atoms with Crippen LogP contribution in [-0.4, -0.2) is 13.3 Å². The van der Waals surface area contributed by atoms with Gasteiger partial charge in [-0.25, -0.2) is 0 Å². The van der Waals surface area contributed by atoms with Gasteiger partial charge in [0.2, 0.25) is 0 Å². The molecule has 0 aliphatic heterocycles. The van der Waals surface area contributed by atoms with Gasteiger partial charge in [-0.15, -0.1) is 0 Å². The Bertz CT molecular complexity index is 498. The minimum Gasteiger partial charge on any atom is -0.497 e. The molecule has 0 spiro atoms. The number of benzene rings is 1. The number of rotatable bonds is 2. The average molecular weight is 253 g/mol. The minimum atomic E-state index is -4.29. The first-order valence-corrected chi connectivity index (χ1v) is 5.47. The molecule has 0 amide bonds. The summed E-state index contributed by atoms with van der Waals surface area (Å²) >= 11 is 0. The van der Waals surface area contributed by atoms with Crippen LogP contribution >= 0.6 is 0 Å². The lowest BCUT2D eigenvalue weighted by molar-refractivity contribution is -0.0884. The molecule has 0 fully saturated rings. The van der Waals surface area contributed by atoms with Crippen LogP contribution in [0.2, 0.25) is 0 Å². The zero-order valence-electron chi connectivity index (χ0n) is 9.79. The summed E-state index contributed by atoms with van der Waals surface area (Å²) in [5.41, 5.74) is 0.704. The highest BCUT2D eigenvalue weighted by Crippen LogP contribution is 2.35. The van der Waals surface area contributed by atoms with E-state index in [1.54, 1.807) is 30.7 Å². The van der Waals surface area contributed by atoms with Crippen molar-refractivity contribution < 1.29 is 17.9 Å². The largest absolute Gasteiger partial charge is 0.497 e. The first-order chi connectivity index (χ1) is 8.50. The Kier molecular flexibility index (Phi) is 3.45. The number of halogens is 3. The Morgan fingerprint density at radius 1 is 1.22 bits per heavy atom. The maximum absolute atomic E-state index is 12.6. The van der Waals surface area contributed by atoms with E-state index in [0.29, 0.717) is 11.3 Å². The van der Waals surface area contributed by atoms with Crippen molar-refractivity contribution >= 4 is 5.57 Å². The summed E-state index contributed by atoms with van der Waals surface area (Å²) in [6, 6.07) is 7.01. The number of hydrogen-bond donors (Lipinski definition) is 0. The molecular weight excluding hydrogens is 241 g/mol. The van der Waals surface area contributed by atoms with Crippen molar-refractivity contribution in [3.8, 4) is 5.75 Å². The smallest absolute Gasteiger partial charge is 0.416 e. The van der Waals surface area contributed by atoms with Gasteiger partial charge in [0.25, 0.3) is 0 Å².